The van der Waals surface area contributed by atoms with Crippen molar-refractivity contribution >= 4 is 37.5 Å². The molecular formula is C18H17BrN2O2. The van der Waals surface area contributed by atoms with Crippen LogP contribution in [0.1, 0.15) is 31.7 Å². The van der Waals surface area contributed by atoms with E-state index >= 15 is 0 Å². The summed E-state index contributed by atoms with van der Waals surface area (Å²) in [6.07, 6.45) is 4.83. The number of benzene rings is 2. The van der Waals surface area contributed by atoms with Gasteiger partial charge in [0.25, 0.3) is 5.56 Å². The Bertz CT molecular complexity index is 951. The molecule has 1 N–H and O–H groups in total. The van der Waals surface area contributed by atoms with Crippen LogP contribution < -0.4 is 5.56 Å². The fourth-order valence-corrected chi connectivity index (χ4v) is 4.15. The van der Waals surface area contributed by atoms with Crippen molar-refractivity contribution in [3.8, 4) is 0 Å². The van der Waals surface area contributed by atoms with Crippen LogP contribution in [0, 0.1) is 0 Å². The molecule has 2 atom stereocenters. The highest BCUT2D eigenvalue weighted by Gasteiger charge is 2.27. The molecule has 5 heteroatoms. The average molecular weight is 373 g/mol. The second kappa shape index (κ2) is 5.73. The third kappa shape index (κ3) is 2.39. The summed E-state index contributed by atoms with van der Waals surface area (Å²) in [4.78, 5) is 12.9. The fourth-order valence-electron chi connectivity index (χ4n) is 3.58. The summed E-state index contributed by atoms with van der Waals surface area (Å²) in [5, 5.41) is 18.2. The van der Waals surface area contributed by atoms with Crippen LogP contribution in [0.4, 0.5) is 0 Å². The van der Waals surface area contributed by atoms with Gasteiger partial charge in [-0.25, -0.2) is 4.68 Å². The lowest BCUT2D eigenvalue weighted by molar-refractivity contribution is 0.0672. The SMILES string of the molecule is O=c1c2cc(Br)c3ccccc3c2cnn1[C@H]1CCCC[C@@H]1O. The Hall–Kier alpha value is -1.72. The van der Waals surface area contributed by atoms with E-state index in [-0.39, 0.29) is 11.6 Å². The predicted molar refractivity (Wildman–Crippen MR) is 94.7 cm³/mol. The van der Waals surface area contributed by atoms with Crippen molar-refractivity contribution in [1.82, 2.24) is 9.78 Å². The largest absolute Gasteiger partial charge is 0.391 e. The molecule has 4 nitrogen and oxygen atoms in total. The maximum Gasteiger partial charge on any atom is 0.275 e. The van der Waals surface area contributed by atoms with Gasteiger partial charge in [0.15, 0.2) is 0 Å². The fraction of sp³-hybridized carbons (Fsp3) is 0.333. The maximum atomic E-state index is 12.9. The van der Waals surface area contributed by atoms with Crippen LogP contribution in [0.5, 0.6) is 0 Å². The third-order valence-corrected chi connectivity index (χ3v) is 5.45. The second-order valence-electron chi connectivity index (χ2n) is 6.18. The lowest BCUT2D eigenvalue weighted by Crippen LogP contribution is -2.36. The molecule has 0 spiro atoms. The van der Waals surface area contributed by atoms with Crippen molar-refractivity contribution < 1.29 is 5.11 Å². The molecule has 1 aliphatic carbocycles. The Morgan fingerprint density at radius 2 is 1.83 bits per heavy atom. The molecule has 1 heterocycles. The molecule has 2 aromatic carbocycles. The molecule has 0 amide bonds. The number of hydrogen-bond acceptors (Lipinski definition) is 3. The maximum absolute atomic E-state index is 12.9. The molecule has 0 unspecified atom stereocenters. The first-order valence-electron chi connectivity index (χ1n) is 7.93. The molecule has 118 valence electrons. The summed E-state index contributed by atoms with van der Waals surface area (Å²) >= 11 is 3.57. The van der Waals surface area contributed by atoms with E-state index in [1.807, 2.05) is 30.3 Å². The number of fused-ring (bicyclic) bond motifs is 3. The van der Waals surface area contributed by atoms with Gasteiger partial charge in [0.1, 0.15) is 0 Å². The summed E-state index contributed by atoms with van der Waals surface area (Å²) in [6.45, 7) is 0. The quantitative estimate of drug-likeness (QED) is 0.661. The van der Waals surface area contributed by atoms with Gasteiger partial charge >= 0.3 is 0 Å². The molecule has 4 rings (SSSR count). The van der Waals surface area contributed by atoms with Crippen LogP contribution in [-0.4, -0.2) is 21.0 Å². The van der Waals surface area contributed by atoms with Crippen LogP contribution in [0.25, 0.3) is 21.5 Å². The Morgan fingerprint density at radius 3 is 2.61 bits per heavy atom. The molecule has 1 saturated carbocycles. The molecule has 3 aromatic rings. The standard InChI is InChI=1S/C18H17BrN2O2/c19-15-9-13-14(11-5-1-2-6-12(11)15)10-20-21(18(13)23)16-7-3-4-8-17(16)22/h1-2,5-6,9-10,16-17,22H,3-4,7-8H2/t16-,17-/m0/s1. The van der Waals surface area contributed by atoms with Crippen LogP contribution >= 0.6 is 15.9 Å². The van der Waals surface area contributed by atoms with E-state index in [2.05, 4.69) is 21.0 Å². The summed E-state index contributed by atoms with van der Waals surface area (Å²) in [7, 11) is 0. The molecule has 0 saturated heterocycles. The van der Waals surface area contributed by atoms with Crippen LogP contribution in [0.15, 0.2) is 45.8 Å². The smallest absolute Gasteiger partial charge is 0.275 e. The van der Waals surface area contributed by atoms with Gasteiger partial charge < -0.3 is 5.11 Å². The molecule has 1 fully saturated rings. The monoisotopic (exact) mass is 372 g/mol. The zero-order valence-electron chi connectivity index (χ0n) is 12.6. The minimum atomic E-state index is -0.490. The topological polar surface area (TPSA) is 55.1 Å². The lowest BCUT2D eigenvalue weighted by atomic mass is 9.92. The molecule has 1 aromatic heterocycles. The predicted octanol–water partition coefficient (Wildman–Crippen LogP) is 3.79. The van der Waals surface area contributed by atoms with Crippen molar-refractivity contribution in [2.45, 2.75) is 37.8 Å². The average Bonchev–Trinajstić information content (AvgIpc) is 2.57. The van der Waals surface area contributed by atoms with Gasteiger partial charge in [0, 0.05) is 9.86 Å². The highest BCUT2D eigenvalue weighted by molar-refractivity contribution is 9.10. The van der Waals surface area contributed by atoms with Gasteiger partial charge in [-0.3, -0.25) is 4.79 Å². The first-order valence-corrected chi connectivity index (χ1v) is 8.73. The normalized spacial score (nSPS) is 21.8. The number of aromatic nitrogens is 2. The van der Waals surface area contributed by atoms with Gasteiger partial charge in [0.2, 0.25) is 0 Å². The van der Waals surface area contributed by atoms with Crippen molar-refractivity contribution in [2.75, 3.05) is 0 Å². The zero-order valence-corrected chi connectivity index (χ0v) is 14.2. The van der Waals surface area contributed by atoms with Crippen molar-refractivity contribution in [1.29, 1.82) is 0 Å². The Kier molecular flexibility index (Phi) is 3.70. The Balaban J connectivity index is 1.98. The second-order valence-corrected chi connectivity index (χ2v) is 7.03. The number of aliphatic hydroxyl groups is 1. The minimum absolute atomic E-state index is 0.125. The van der Waals surface area contributed by atoms with Gasteiger partial charge in [-0.15, -0.1) is 0 Å². The van der Waals surface area contributed by atoms with Crippen molar-refractivity contribution in [3.05, 3.63) is 51.4 Å². The number of aliphatic hydroxyl groups excluding tert-OH is 1. The number of halogens is 1. The van der Waals surface area contributed by atoms with Gasteiger partial charge in [-0.05, 0) is 29.7 Å². The third-order valence-electron chi connectivity index (χ3n) is 4.79. The van der Waals surface area contributed by atoms with Gasteiger partial charge in [0.05, 0.1) is 23.7 Å². The highest BCUT2D eigenvalue weighted by atomic mass is 79.9. The van der Waals surface area contributed by atoms with Crippen molar-refractivity contribution in [2.24, 2.45) is 0 Å². The highest BCUT2D eigenvalue weighted by Crippen LogP contribution is 2.31. The van der Waals surface area contributed by atoms with E-state index in [1.54, 1.807) is 6.20 Å². The molecule has 0 bridgehead atoms. The molecule has 23 heavy (non-hydrogen) atoms. The first-order chi connectivity index (χ1) is 11.2. The van der Waals surface area contributed by atoms with E-state index in [9.17, 15) is 9.90 Å². The van der Waals surface area contributed by atoms with E-state index in [1.165, 1.54) is 4.68 Å². The molecule has 1 aliphatic rings. The number of rotatable bonds is 1. The van der Waals surface area contributed by atoms with Crippen LogP contribution in [-0.2, 0) is 0 Å². The van der Waals surface area contributed by atoms with Crippen LogP contribution in [0.2, 0.25) is 0 Å². The van der Waals surface area contributed by atoms with Crippen molar-refractivity contribution in [3.63, 3.8) is 0 Å². The van der Waals surface area contributed by atoms with Gasteiger partial charge in [-0.1, -0.05) is 53.0 Å². The van der Waals surface area contributed by atoms with E-state index in [0.29, 0.717) is 5.39 Å². The zero-order chi connectivity index (χ0) is 16.0. The minimum Gasteiger partial charge on any atom is -0.391 e. The first kappa shape index (κ1) is 14.8. The lowest BCUT2D eigenvalue weighted by Gasteiger charge is -2.28. The molecule has 0 radical (unpaired) electrons. The summed E-state index contributed by atoms with van der Waals surface area (Å²) in [5.41, 5.74) is -0.125. The number of hydrogen-bond donors (Lipinski definition) is 1. The van der Waals surface area contributed by atoms with E-state index < -0.39 is 6.10 Å². The van der Waals surface area contributed by atoms with Gasteiger partial charge in [-0.2, -0.15) is 5.10 Å². The Morgan fingerprint density at radius 1 is 1.09 bits per heavy atom. The van der Waals surface area contributed by atoms with E-state index in [0.717, 1.165) is 46.3 Å². The van der Waals surface area contributed by atoms with Crippen LogP contribution in [0.3, 0.4) is 0 Å². The summed E-state index contributed by atoms with van der Waals surface area (Å²) in [6, 6.07) is 9.62. The number of nitrogens with zero attached hydrogens (tertiary/aromatic N) is 2. The molecule has 0 aliphatic heterocycles. The van der Waals surface area contributed by atoms with E-state index in [4.69, 9.17) is 0 Å². The summed E-state index contributed by atoms with van der Waals surface area (Å²) < 4.78 is 2.38. The Labute approximate surface area is 141 Å². The molecular weight excluding hydrogens is 356 g/mol. The summed E-state index contributed by atoms with van der Waals surface area (Å²) in [5.74, 6) is 0.